The summed E-state index contributed by atoms with van der Waals surface area (Å²) in [5, 5.41) is 10.5. The predicted molar refractivity (Wildman–Crippen MR) is 143 cm³/mol. The average Bonchev–Trinajstić information content (AvgIpc) is 2.89. The fourth-order valence-electron chi connectivity index (χ4n) is 3.10. The second kappa shape index (κ2) is 14.2. The van der Waals surface area contributed by atoms with Crippen LogP contribution in [0.25, 0.3) is 0 Å². The van der Waals surface area contributed by atoms with Crippen LogP contribution in [0.1, 0.15) is 22.3 Å². The maximum atomic E-state index is 13.5. The van der Waals surface area contributed by atoms with E-state index in [1.54, 1.807) is 48.5 Å². The van der Waals surface area contributed by atoms with Gasteiger partial charge in [-0.05, 0) is 59.7 Å². The fourth-order valence-corrected chi connectivity index (χ4v) is 3.89. The van der Waals surface area contributed by atoms with Crippen LogP contribution in [0.3, 0.4) is 0 Å². The van der Waals surface area contributed by atoms with Gasteiger partial charge in [0.1, 0.15) is 36.3 Å². The molecule has 4 rings (SSSR count). The van der Waals surface area contributed by atoms with E-state index in [-0.39, 0.29) is 31.5 Å². The lowest BCUT2D eigenvalue weighted by molar-refractivity contribution is 0.277. The van der Waals surface area contributed by atoms with Gasteiger partial charge in [-0.2, -0.15) is 0 Å². The summed E-state index contributed by atoms with van der Waals surface area (Å²) in [6.45, 7) is 0.120. The molecule has 3 nitrogen and oxygen atoms in total. The van der Waals surface area contributed by atoms with Crippen molar-refractivity contribution >= 4 is 39.1 Å². The number of ether oxygens (including phenoxy) is 2. The van der Waals surface area contributed by atoms with E-state index in [1.807, 2.05) is 24.3 Å². The molecule has 0 unspecified atom stereocenters. The Morgan fingerprint density at radius 1 is 0.667 bits per heavy atom. The molecule has 4 aromatic carbocycles. The van der Waals surface area contributed by atoms with Crippen molar-refractivity contribution in [2.24, 2.45) is 0 Å². The van der Waals surface area contributed by atoms with Crippen LogP contribution in [0.2, 0.25) is 10.0 Å². The van der Waals surface area contributed by atoms with Crippen LogP contribution in [0.4, 0.5) is 8.78 Å². The van der Waals surface area contributed by atoms with Gasteiger partial charge in [0.15, 0.2) is 0 Å². The summed E-state index contributed by atoms with van der Waals surface area (Å²) in [6, 6.07) is 23.7. The summed E-state index contributed by atoms with van der Waals surface area (Å²) in [7, 11) is 0. The Bertz CT molecular complexity index is 1150. The third-order valence-corrected chi connectivity index (χ3v) is 6.38. The smallest absolute Gasteiger partial charge is 0.131 e. The van der Waals surface area contributed by atoms with Crippen molar-refractivity contribution in [3.63, 3.8) is 0 Å². The van der Waals surface area contributed by atoms with Crippen LogP contribution in [0, 0.1) is 11.6 Å². The number of halogens is 5. The van der Waals surface area contributed by atoms with Crippen LogP contribution in [-0.4, -0.2) is 5.11 Å². The van der Waals surface area contributed by atoms with Crippen molar-refractivity contribution in [3.8, 4) is 11.5 Å². The van der Waals surface area contributed by atoms with Crippen molar-refractivity contribution in [2.75, 3.05) is 0 Å². The van der Waals surface area contributed by atoms with Gasteiger partial charge in [-0.15, -0.1) is 0 Å². The zero-order valence-electron chi connectivity index (χ0n) is 19.1. The third-order valence-electron chi connectivity index (χ3n) is 5.02. The quantitative estimate of drug-likeness (QED) is 0.208. The number of benzene rings is 4. The van der Waals surface area contributed by atoms with E-state index in [4.69, 9.17) is 37.8 Å². The summed E-state index contributed by atoms with van der Waals surface area (Å²) in [5.74, 6) is 0.534. The standard InChI is InChI=1S/C14H11BrClFO.C14H12ClFO2/c15-8-10-3-1-4-11(7-10)18-9-12-13(16)5-2-6-14(12)17;15-13-5-2-6-14(16)12(13)9-18-11-4-1-3-10(7-11)8-17/h1-7H,8-9H2;1-7,17H,8-9H2. The van der Waals surface area contributed by atoms with Crippen LogP contribution in [0.15, 0.2) is 84.9 Å². The van der Waals surface area contributed by atoms with Crippen molar-refractivity contribution in [1.82, 2.24) is 0 Å². The van der Waals surface area contributed by atoms with E-state index >= 15 is 0 Å². The largest absolute Gasteiger partial charge is 0.489 e. The molecule has 0 atom stereocenters. The van der Waals surface area contributed by atoms with Gasteiger partial charge in [-0.1, -0.05) is 75.5 Å². The molecule has 0 saturated carbocycles. The maximum Gasteiger partial charge on any atom is 0.131 e. The second-order valence-electron chi connectivity index (χ2n) is 7.56. The molecular formula is C28H23BrCl2F2O3. The second-order valence-corrected chi connectivity index (χ2v) is 8.94. The van der Waals surface area contributed by atoms with Crippen molar-refractivity contribution in [2.45, 2.75) is 25.2 Å². The Balaban J connectivity index is 0.000000201. The summed E-state index contributed by atoms with van der Waals surface area (Å²) < 4.78 is 38.0. The van der Waals surface area contributed by atoms with Crippen molar-refractivity contribution in [1.29, 1.82) is 0 Å². The van der Waals surface area contributed by atoms with Gasteiger partial charge in [-0.3, -0.25) is 0 Å². The monoisotopic (exact) mass is 594 g/mol. The average molecular weight is 596 g/mol. The van der Waals surface area contributed by atoms with E-state index in [9.17, 15) is 8.78 Å². The van der Waals surface area contributed by atoms with Gasteiger partial charge in [0.2, 0.25) is 0 Å². The lowest BCUT2D eigenvalue weighted by atomic mass is 10.2. The van der Waals surface area contributed by atoms with Gasteiger partial charge in [0.25, 0.3) is 0 Å². The summed E-state index contributed by atoms with van der Waals surface area (Å²) in [5.41, 5.74) is 2.55. The van der Waals surface area contributed by atoms with Gasteiger partial charge < -0.3 is 14.6 Å². The molecule has 0 spiro atoms. The van der Waals surface area contributed by atoms with Gasteiger partial charge in [-0.25, -0.2) is 8.78 Å². The molecule has 0 aliphatic carbocycles. The highest BCUT2D eigenvalue weighted by atomic mass is 79.9. The topological polar surface area (TPSA) is 38.7 Å². The molecule has 188 valence electrons. The Labute approximate surface area is 227 Å². The zero-order valence-corrected chi connectivity index (χ0v) is 22.2. The minimum atomic E-state index is -0.388. The molecule has 36 heavy (non-hydrogen) atoms. The first-order chi connectivity index (χ1) is 17.4. The number of aliphatic hydroxyl groups excluding tert-OH is 1. The van der Waals surface area contributed by atoms with E-state index < -0.39 is 0 Å². The summed E-state index contributed by atoms with van der Waals surface area (Å²) in [6.07, 6.45) is 0. The lowest BCUT2D eigenvalue weighted by Gasteiger charge is -2.09. The Hall–Kier alpha value is -2.64. The zero-order chi connectivity index (χ0) is 25.9. The van der Waals surface area contributed by atoms with E-state index in [0.717, 1.165) is 16.5 Å². The van der Waals surface area contributed by atoms with E-state index in [2.05, 4.69) is 15.9 Å². The Morgan fingerprint density at radius 2 is 1.11 bits per heavy atom. The van der Waals surface area contributed by atoms with Crippen molar-refractivity contribution in [3.05, 3.63) is 129 Å². The SMILES string of the molecule is Fc1cccc(Cl)c1COc1cccc(CBr)c1.OCc1cccc(OCc2c(F)cccc2Cl)c1. The van der Waals surface area contributed by atoms with Crippen LogP contribution < -0.4 is 9.47 Å². The molecule has 4 aromatic rings. The Kier molecular flexibility index (Phi) is 11.0. The number of hydrogen-bond donors (Lipinski definition) is 1. The minimum Gasteiger partial charge on any atom is -0.489 e. The first-order valence-corrected chi connectivity index (χ1v) is 12.7. The first kappa shape index (κ1) is 27.9. The van der Waals surface area contributed by atoms with Crippen LogP contribution >= 0.6 is 39.1 Å². The molecule has 0 fully saturated rings. The molecule has 0 heterocycles. The Morgan fingerprint density at radius 3 is 1.56 bits per heavy atom. The van der Waals surface area contributed by atoms with Gasteiger partial charge >= 0.3 is 0 Å². The number of rotatable bonds is 8. The highest BCUT2D eigenvalue weighted by molar-refractivity contribution is 9.08. The number of alkyl halides is 1. The molecular weight excluding hydrogens is 573 g/mol. The molecule has 1 N–H and O–H groups in total. The van der Waals surface area contributed by atoms with Crippen molar-refractivity contribution < 1.29 is 23.4 Å². The molecule has 0 bridgehead atoms. The van der Waals surface area contributed by atoms with E-state index in [0.29, 0.717) is 32.7 Å². The molecule has 0 aromatic heterocycles. The molecule has 0 radical (unpaired) electrons. The van der Waals surface area contributed by atoms with E-state index in [1.165, 1.54) is 12.1 Å². The van der Waals surface area contributed by atoms with Crippen LogP contribution in [0.5, 0.6) is 11.5 Å². The van der Waals surface area contributed by atoms with Crippen LogP contribution in [-0.2, 0) is 25.2 Å². The normalized spacial score (nSPS) is 10.4. The highest BCUT2D eigenvalue weighted by Crippen LogP contribution is 2.23. The molecule has 0 aliphatic rings. The molecule has 0 saturated heterocycles. The first-order valence-electron chi connectivity index (χ1n) is 10.9. The lowest BCUT2D eigenvalue weighted by Crippen LogP contribution is -1.99. The number of hydrogen-bond acceptors (Lipinski definition) is 3. The summed E-state index contributed by atoms with van der Waals surface area (Å²) in [4.78, 5) is 0. The third kappa shape index (κ3) is 8.20. The minimum absolute atomic E-state index is 0.0559. The molecule has 0 aliphatic heterocycles. The molecule has 8 heteroatoms. The molecule has 0 amide bonds. The van der Waals surface area contributed by atoms with Gasteiger partial charge in [0.05, 0.1) is 16.7 Å². The fraction of sp³-hybridized carbons (Fsp3) is 0.143. The highest BCUT2D eigenvalue weighted by Gasteiger charge is 2.09. The van der Waals surface area contributed by atoms with Gasteiger partial charge in [0, 0.05) is 16.5 Å². The maximum absolute atomic E-state index is 13.5. The number of aliphatic hydroxyl groups is 1. The summed E-state index contributed by atoms with van der Waals surface area (Å²) >= 11 is 15.2. The predicted octanol–water partition coefficient (Wildman–Crippen LogP) is 8.50.